The first kappa shape index (κ1) is 17.0. The monoisotopic (exact) mass is 339 g/mol. The zero-order chi connectivity index (χ0) is 17.6. The summed E-state index contributed by atoms with van der Waals surface area (Å²) in [5.41, 5.74) is 0. The number of nitrogens with one attached hydrogen (secondary N) is 1. The predicted octanol–water partition coefficient (Wildman–Crippen LogP) is 3.78. The molecule has 1 atom stereocenters. The van der Waals surface area contributed by atoms with Crippen molar-refractivity contribution in [3.8, 4) is 5.75 Å². The molecule has 0 aliphatic carbocycles. The van der Waals surface area contributed by atoms with Crippen molar-refractivity contribution >= 4 is 16.7 Å². The van der Waals surface area contributed by atoms with E-state index in [2.05, 4.69) is 11.4 Å². The second kappa shape index (κ2) is 7.85. The van der Waals surface area contributed by atoms with Crippen molar-refractivity contribution in [1.82, 2.24) is 5.32 Å². The number of benzene rings is 2. The molecular weight excluding hydrogens is 318 g/mol. The normalized spacial score (nSPS) is 12.1. The Morgan fingerprint density at radius 2 is 1.92 bits per heavy atom. The molecule has 5 nitrogen and oxygen atoms in total. The van der Waals surface area contributed by atoms with E-state index in [1.807, 2.05) is 43.3 Å². The Kier molecular flexibility index (Phi) is 5.36. The number of carbonyl (C=O) groups is 1. The zero-order valence-corrected chi connectivity index (χ0v) is 14.3. The largest absolute Gasteiger partial charge is 0.486 e. The Labute approximate surface area is 146 Å². The van der Waals surface area contributed by atoms with Gasteiger partial charge >= 0.3 is 0 Å². The summed E-state index contributed by atoms with van der Waals surface area (Å²) in [5, 5.41) is 5.09. The fourth-order valence-electron chi connectivity index (χ4n) is 2.58. The molecule has 0 radical (unpaired) electrons. The van der Waals surface area contributed by atoms with Gasteiger partial charge in [0, 0.05) is 13.2 Å². The molecule has 1 amide bonds. The Hall–Kier alpha value is -2.79. The second-order valence-corrected chi connectivity index (χ2v) is 5.89. The third-order valence-electron chi connectivity index (χ3n) is 3.78. The van der Waals surface area contributed by atoms with E-state index in [9.17, 15) is 4.79 Å². The molecule has 0 spiro atoms. The lowest BCUT2D eigenvalue weighted by Gasteiger charge is -2.11. The van der Waals surface area contributed by atoms with E-state index >= 15 is 0 Å². The fourth-order valence-corrected chi connectivity index (χ4v) is 2.58. The smallest absolute Gasteiger partial charge is 0.287 e. The van der Waals surface area contributed by atoms with Crippen molar-refractivity contribution in [2.45, 2.75) is 19.6 Å². The summed E-state index contributed by atoms with van der Waals surface area (Å²) < 4.78 is 16.3. The van der Waals surface area contributed by atoms with Crippen LogP contribution in [0.3, 0.4) is 0 Å². The van der Waals surface area contributed by atoms with Gasteiger partial charge in [0.05, 0.1) is 6.61 Å². The molecule has 0 aliphatic heterocycles. The standard InChI is InChI=1S/C20H21NO4/c1-14(12-23-2)21-20(22)19-10-9-18(25-19)13-24-17-8-7-15-5-3-4-6-16(15)11-17/h3-11,14H,12-13H2,1-2H3,(H,21,22). The molecule has 1 unspecified atom stereocenters. The minimum atomic E-state index is -0.262. The molecule has 3 aromatic rings. The van der Waals surface area contributed by atoms with Gasteiger partial charge < -0.3 is 19.2 Å². The molecule has 3 rings (SSSR count). The summed E-state index contributed by atoms with van der Waals surface area (Å²) in [6, 6.07) is 17.3. The predicted molar refractivity (Wildman–Crippen MR) is 95.8 cm³/mol. The van der Waals surface area contributed by atoms with Gasteiger partial charge in [-0.05, 0) is 42.0 Å². The van der Waals surface area contributed by atoms with E-state index in [1.165, 1.54) is 0 Å². The number of ether oxygens (including phenoxy) is 2. The molecule has 0 saturated heterocycles. The van der Waals surface area contributed by atoms with Gasteiger partial charge in [-0.3, -0.25) is 4.79 Å². The van der Waals surface area contributed by atoms with Crippen LogP contribution in [0.25, 0.3) is 10.8 Å². The van der Waals surface area contributed by atoms with Gasteiger partial charge in [-0.2, -0.15) is 0 Å². The fraction of sp³-hybridized carbons (Fsp3) is 0.250. The van der Waals surface area contributed by atoms with Crippen LogP contribution in [0.1, 0.15) is 23.2 Å². The van der Waals surface area contributed by atoms with Crippen molar-refractivity contribution in [3.63, 3.8) is 0 Å². The van der Waals surface area contributed by atoms with E-state index in [0.717, 1.165) is 16.5 Å². The minimum Gasteiger partial charge on any atom is -0.486 e. The highest BCUT2D eigenvalue weighted by Crippen LogP contribution is 2.21. The summed E-state index contributed by atoms with van der Waals surface area (Å²) >= 11 is 0. The SMILES string of the molecule is COCC(C)NC(=O)c1ccc(COc2ccc3ccccc3c2)o1. The maximum atomic E-state index is 12.1. The number of methoxy groups -OCH3 is 1. The third-order valence-corrected chi connectivity index (χ3v) is 3.78. The Morgan fingerprint density at radius 3 is 2.72 bits per heavy atom. The first-order valence-corrected chi connectivity index (χ1v) is 8.16. The third kappa shape index (κ3) is 4.39. The van der Waals surface area contributed by atoms with Gasteiger partial charge in [0.2, 0.25) is 0 Å². The highest BCUT2D eigenvalue weighted by Gasteiger charge is 2.14. The summed E-state index contributed by atoms with van der Waals surface area (Å²) in [6.07, 6.45) is 0. The Balaban J connectivity index is 1.60. The van der Waals surface area contributed by atoms with E-state index in [4.69, 9.17) is 13.9 Å². The van der Waals surface area contributed by atoms with Crippen molar-refractivity contribution in [3.05, 3.63) is 66.1 Å². The van der Waals surface area contributed by atoms with Crippen LogP contribution >= 0.6 is 0 Å². The van der Waals surface area contributed by atoms with Crippen LogP contribution in [0.15, 0.2) is 59.0 Å². The highest BCUT2D eigenvalue weighted by atomic mass is 16.5. The molecule has 0 fully saturated rings. The summed E-state index contributed by atoms with van der Waals surface area (Å²) in [6.45, 7) is 2.58. The molecule has 1 N–H and O–H groups in total. The number of hydrogen-bond acceptors (Lipinski definition) is 4. The minimum absolute atomic E-state index is 0.0834. The molecule has 1 heterocycles. The van der Waals surface area contributed by atoms with Gasteiger partial charge in [-0.25, -0.2) is 0 Å². The van der Waals surface area contributed by atoms with Crippen LogP contribution in [-0.2, 0) is 11.3 Å². The number of amides is 1. The lowest BCUT2D eigenvalue weighted by molar-refractivity contribution is 0.0874. The molecule has 5 heteroatoms. The van der Waals surface area contributed by atoms with Crippen molar-refractivity contribution in [2.75, 3.05) is 13.7 Å². The van der Waals surface area contributed by atoms with Crippen LogP contribution in [-0.4, -0.2) is 25.7 Å². The van der Waals surface area contributed by atoms with Crippen LogP contribution in [0.2, 0.25) is 0 Å². The lowest BCUT2D eigenvalue weighted by Crippen LogP contribution is -2.35. The van der Waals surface area contributed by atoms with Crippen LogP contribution in [0, 0.1) is 0 Å². The van der Waals surface area contributed by atoms with Gasteiger partial charge in [0.15, 0.2) is 5.76 Å². The molecule has 2 aromatic carbocycles. The van der Waals surface area contributed by atoms with Crippen LogP contribution < -0.4 is 10.1 Å². The van der Waals surface area contributed by atoms with Crippen molar-refractivity contribution in [2.24, 2.45) is 0 Å². The van der Waals surface area contributed by atoms with Crippen molar-refractivity contribution in [1.29, 1.82) is 0 Å². The number of rotatable bonds is 7. The van der Waals surface area contributed by atoms with Gasteiger partial charge in [-0.1, -0.05) is 30.3 Å². The summed E-state index contributed by atoms with van der Waals surface area (Å²) in [4.78, 5) is 12.1. The molecule has 0 aliphatic rings. The molecular formula is C20H21NO4. The first-order valence-electron chi connectivity index (χ1n) is 8.16. The van der Waals surface area contributed by atoms with Crippen LogP contribution in [0.4, 0.5) is 0 Å². The maximum Gasteiger partial charge on any atom is 0.287 e. The Morgan fingerprint density at radius 1 is 1.12 bits per heavy atom. The molecule has 1 aromatic heterocycles. The highest BCUT2D eigenvalue weighted by molar-refractivity contribution is 5.91. The second-order valence-electron chi connectivity index (χ2n) is 5.89. The molecule has 0 saturated carbocycles. The van der Waals surface area contributed by atoms with Crippen LogP contribution in [0.5, 0.6) is 5.75 Å². The number of furan rings is 1. The van der Waals surface area contributed by atoms with Gasteiger partial charge in [0.1, 0.15) is 18.1 Å². The average molecular weight is 339 g/mol. The van der Waals surface area contributed by atoms with Gasteiger partial charge in [-0.15, -0.1) is 0 Å². The van der Waals surface area contributed by atoms with E-state index < -0.39 is 0 Å². The van der Waals surface area contributed by atoms with Gasteiger partial charge in [0.25, 0.3) is 5.91 Å². The average Bonchev–Trinajstić information content (AvgIpc) is 3.09. The van der Waals surface area contributed by atoms with Crippen molar-refractivity contribution < 1.29 is 18.7 Å². The van der Waals surface area contributed by atoms with E-state index in [-0.39, 0.29) is 24.3 Å². The topological polar surface area (TPSA) is 60.7 Å². The number of fused-ring (bicyclic) bond motifs is 1. The van der Waals surface area contributed by atoms with E-state index in [1.54, 1.807) is 19.2 Å². The Bertz CT molecular complexity index is 856. The zero-order valence-electron chi connectivity index (χ0n) is 14.3. The lowest BCUT2D eigenvalue weighted by atomic mass is 10.1. The maximum absolute atomic E-state index is 12.1. The summed E-state index contributed by atoms with van der Waals surface area (Å²) in [5.74, 6) is 1.36. The van der Waals surface area contributed by atoms with E-state index in [0.29, 0.717) is 12.4 Å². The quantitative estimate of drug-likeness (QED) is 0.712. The number of carbonyl (C=O) groups excluding carboxylic acids is 1. The molecule has 130 valence electrons. The first-order chi connectivity index (χ1) is 12.2. The molecule has 0 bridgehead atoms. The number of hydrogen-bond donors (Lipinski definition) is 1. The molecule has 25 heavy (non-hydrogen) atoms. The summed E-state index contributed by atoms with van der Waals surface area (Å²) in [7, 11) is 1.60.